The maximum Gasteiger partial charge on any atom is 0.169 e. The summed E-state index contributed by atoms with van der Waals surface area (Å²) in [4.78, 5) is 18.9. The zero-order chi connectivity index (χ0) is 18.2. The summed E-state index contributed by atoms with van der Waals surface area (Å²) in [6.45, 7) is 3.92. The van der Waals surface area contributed by atoms with Gasteiger partial charge in [0.05, 0.1) is 5.69 Å². The Morgan fingerprint density at radius 3 is 2.15 bits per heavy atom. The molecule has 2 aromatic carbocycles. The molecular weight excluding hydrogens is 322 g/mol. The Kier molecular flexibility index (Phi) is 6.01. The molecular formula is C22H21N3O. The van der Waals surface area contributed by atoms with E-state index in [9.17, 15) is 4.79 Å². The van der Waals surface area contributed by atoms with E-state index in [0.717, 1.165) is 35.8 Å². The van der Waals surface area contributed by atoms with Crippen molar-refractivity contribution in [3.63, 3.8) is 0 Å². The fourth-order valence-corrected chi connectivity index (χ4v) is 2.80. The van der Waals surface area contributed by atoms with Crippen molar-refractivity contribution in [2.45, 2.75) is 13.5 Å². The molecule has 0 radical (unpaired) electrons. The van der Waals surface area contributed by atoms with E-state index >= 15 is 0 Å². The van der Waals surface area contributed by atoms with Crippen molar-refractivity contribution in [3.05, 3.63) is 84.4 Å². The number of nitrogens with zero attached hydrogens (tertiary/aromatic N) is 2. The maximum absolute atomic E-state index is 10.6. The van der Waals surface area contributed by atoms with Gasteiger partial charge in [-0.1, -0.05) is 55.5 Å². The molecule has 4 nitrogen and oxygen atoms in total. The van der Waals surface area contributed by atoms with E-state index in [2.05, 4.69) is 46.5 Å². The zero-order valence-electron chi connectivity index (χ0n) is 14.7. The van der Waals surface area contributed by atoms with Gasteiger partial charge in [-0.2, -0.15) is 0 Å². The largest absolute Gasteiger partial charge is 0.311 e. The van der Waals surface area contributed by atoms with Crippen LogP contribution in [0.3, 0.4) is 0 Å². The number of nitrogens with one attached hydrogen (secondary N) is 1. The molecule has 0 saturated heterocycles. The summed E-state index contributed by atoms with van der Waals surface area (Å²) < 4.78 is 0. The van der Waals surface area contributed by atoms with E-state index < -0.39 is 0 Å². The fourth-order valence-electron chi connectivity index (χ4n) is 2.80. The Hall–Kier alpha value is -3.11. The molecule has 0 atom stereocenters. The second kappa shape index (κ2) is 8.83. The van der Waals surface area contributed by atoms with Gasteiger partial charge >= 0.3 is 0 Å². The van der Waals surface area contributed by atoms with Crippen molar-refractivity contribution in [2.75, 3.05) is 6.54 Å². The average molecular weight is 343 g/mol. The van der Waals surface area contributed by atoms with E-state index in [4.69, 9.17) is 0 Å². The second-order valence-electron chi connectivity index (χ2n) is 5.79. The topological polar surface area (TPSA) is 54.9 Å². The van der Waals surface area contributed by atoms with E-state index in [0.29, 0.717) is 5.69 Å². The predicted molar refractivity (Wildman–Crippen MR) is 106 cm³/mol. The van der Waals surface area contributed by atoms with Crippen LogP contribution < -0.4 is 5.32 Å². The lowest BCUT2D eigenvalue weighted by Gasteiger charge is -2.05. The van der Waals surface area contributed by atoms with Crippen molar-refractivity contribution in [2.24, 2.45) is 0 Å². The van der Waals surface area contributed by atoms with Crippen LogP contribution in [-0.4, -0.2) is 22.8 Å². The molecule has 2 aromatic heterocycles. The lowest BCUT2D eigenvalue weighted by atomic mass is 10.1. The van der Waals surface area contributed by atoms with Gasteiger partial charge in [-0.3, -0.25) is 14.8 Å². The third-order valence-corrected chi connectivity index (χ3v) is 4.11. The first-order chi connectivity index (χ1) is 12.8. The molecule has 0 aliphatic heterocycles. The molecule has 0 bridgehead atoms. The molecule has 4 heteroatoms. The van der Waals surface area contributed by atoms with Gasteiger partial charge in [0.25, 0.3) is 0 Å². The lowest BCUT2D eigenvalue weighted by Crippen LogP contribution is -2.13. The minimum absolute atomic E-state index is 0.508. The first-order valence-electron chi connectivity index (χ1n) is 8.65. The summed E-state index contributed by atoms with van der Waals surface area (Å²) in [6.07, 6.45) is 4.30. The van der Waals surface area contributed by atoms with E-state index in [1.165, 1.54) is 10.8 Å². The van der Waals surface area contributed by atoms with Crippen LogP contribution in [0.15, 0.2) is 73.1 Å². The first kappa shape index (κ1) is 17.7. The Morgan fingerprint density at radius 2 is 1.46 bits per heavy atom. The Morgan fingerprint density at radius 1 is 0.846 bits per heavy atom. The van der Waals surface area contributed by atoms with Crippen LogP contribution in [0.25, 0.3) is 21.5 Å². The highest BCUT2D eigenvalue weighted by Crippen LogP contribution is 2.16. The fraction of sp³-hybridized carbons (Fsp3) is 0.136. The molecule has 26 heavy (non-hydrogen) atoms. The van der Waals surface area contributed by atoms with Gasteiger partial charge in [0.15, 0.2) is 6.29 Å². The monoisotopic (exact) mass is 343 g/mol. The number of pyridine rings is 2. The molecule has 0 saturated carbocycles. The third-order valence-electron chi connectivity index (χ3n) is 4.11. The van der Waals surface area contributed by atoms with Crippen LogP contribution in [0.4, 0.5) is 0 Å². The van der Waals surface area contributed by atoms with E-state index in [-0.39, 0.29) is 0 Å². The number of fused-ring (bicyclic) bond motifs is 2. The van der Waals surface area contributed by atoms with Gasteiger partial charge in [-0.05, 0) is 29.4 Å². The first-order valence-corrected chi connectivity index (χ1v) is 8.65. The summed E-state index contributed by atoms with van der Waals surface area (Å²) in [5, 5.41) is 7.76. The van der Waals surface area contributed by atoms with Crippen LogP contribution in [0, 0.1) is 0 Å². The van der Waals surface area contributed by atoms with Crippen molar-refractivity contribution in [1.29, 1.82) is 0 Å². The summed E-state index contributed by atoms with van der Waals surface area (Å²) in [6, 6.07) is 20.0. The standard InChI is InChI=1S/C12H14N2.C10H7NO/c1-2-13-9-12-11-6-4-3-5-10(11)7-8-14-12;12-7-10-9-4-2-1-3-8(9)5-6-11-10/h3-8,13H,2,9H2,1H3;1-7H. The average Bonchev–Trinajstić information content (AvgIpc) is 2.72. The van der Waals surface area contributed by atoms with Crippen molar-refractivity contribution >= 4 is 27.8 Å². The number of rotatable bonds is 4. The summed E-state index contributed by atoms with van der Waals surface area (Å²) >= 11 is 0. The van der Waals surface area contributed by atoms with Crippen molar-refractivity contribution in [3.8, 4) is 0 Å². The molecule has 0 fully saturated rings. The van der Waals surface area contributed by atoms with E-state index in [1.54, 1.807) is 6.20 Å². The zero-order valence-corrected chi connectivity index (χ0v) is 14.7. The molecule has 0 spiro atoms. The quantitative estimate of drug-likeness (QED) is 0.558. The van der Waals surface area contributed by atoms with Gasteiger partial charge in [0, 0.05) is 29.7 Å². The second-order valence-corrected chi connectivity index (χ2v) is 5.79. The van der Waals surface area contributed by atoms with Crippen LogP contribution in [0.2, 0.25) is 0 Å². The summed E-state index contributed by atoms with van der Waals surface area (Å²) in [5.74, 6) is 0. The van der Waals surface area contributed by atoms with Gasteiger partial charge in [-0.15, -0.1) is 0 Å². The Bertz CT molecular complexity index is 1000. The molecule has 0 unspecified atom stereocenters. The molecule has 0 amide bonds. The number of carbonyl (C=O) groups is 1. The Labute approximate surface area is 152 Å². The highest BCUT2D eigenvalue weighted by molar-refractivity contribution is 5.95. The molecule has 0 aliphatic carbocycles. The number of hydrogen-bond donors (Lipinski definition) is 1. The summed E-state index contributed by atoms with van der Waals surface area (Å²) in [7, 11) is 0. The third kappa shape index (κ3) is 4.10. The number of benzene rings is 2. The minimum atomic E-state index is 0.508. The Balaban J connectivity index is 0.000000152. The SMILES string of the molecule is CCNCc1nccc2ccccc12.O=Cc1nccc2ccccc12. The highest BCUT2D eigenvalue weighted by atomic mass is 16.1. The van der Waals surface area contributed by atoms with Crippen LogP contribution >= 0.6 is 0 Å². The van der Waals surface area contributed by atoms with Crippen LogP contribution in [0.5, 0.6) is 0 Å². The normalized spacial score (nSPS) is 10.3. The molecule has 4 aromatic rings. The predicted octanol–water partition coefficient (Wildman–Crippen LogP) is 4.39. The number of aromatic nitrogens is 2. The molecule has 130 valence electrons. The minimum Gasteiger partial charge on any atom is -0.311 e. The number of hydrogen-bond acceptors (Lipinski definition) is 4. The summed E-state index contributed by atoms with van der Waals surface area (Å²) in [5.41, 5.74) is 1.64. The van der Waals surface area contributed by atoms with Crippen molar-refractivity contribution in [1.82, 2.24) is 15.3 Å². The van der Waals surface area contributed by atoms with Crippen LogP contribution in [-0.2, 0) is 6.54 Å². The molecule has 2 heterocycles. The molecule has 1 N–H and O–H groups in total. The van der Waals surface area contributed by atoms with Gasteiger partial charge < -0.3 is 5.32 Å². The highest BCUT2D eigenvalue weighted by Gasteiger charge is 2.00. The smallest absolute Gasteiger partial charge is 0.169 e. The van der Waals surface area contributed by atoms with Crippen LogP contribution in [0.1, 0.15) is 23.1 Å². The number of aldehydes is 1. The maximum atomic E-state index is 10.6. The van der Waals surface area contributed by atoms with Gasteiger partial charge in [-0.25, -0.2) is 0 Å². The van der Waals surface area contributed by atoms with Gasteiger partial charge in [0.1, 0.15) is 5.69 Å². The van der Waals surface area contributed by atoms with Crippen molar-refractivity contribution < 1.29 is 4.79 Å². The lowest BCUT2D eigenvalue weighted by molar-refractivity contribution is 0.112. The molecule has 4 rings (SSSR count). The number of carbonyl (C=O) groups excluding carboxylic acids is 1. The molecule has 0 aliphatic rings. The van der Waals surface area contributed by atoms with Gasteiger partial charge in [0.2, 0.25) is 0 Å². The van der Waals surface area contributed by atoms with E-state index in [1.807, 2.05) is 42.6 Å².